The lowest BCUT2D eigenvalue weighted by Gasteiger charge is -2.39. The molecule has 1 fully saturated rings. The van der Waals surface area contributed by atoms with Crippen LogP contribution in [0.15, 0.2) is 48.2 Å². The number of aliphatic hydroxyl groups excluding tert-OH is 3. The first kappa shape index (κ1) is 32.0. The molecule has 1 aliphatic heterocycles. The van der Waals surface area contributed by atoms with E-state index in [2.05, 4.69) is 46.5 Å². The summed E-state index contributed by atoms with van der Waals surface area (Å²) in [6, 6.07) is 14.0. The molecule has 13 nitrogen and oxygen atoms in total. The molecule has 1 aliphatic rings. The van der Waals surface area contributed by atoms with Crippen LogP contribution in [-0.2, 0) is 32.2 Å². The smallest absolute Gasteiger partial charge is 0.262 e. The molecule has 13 heteroatoms. The summed E-state index contributed by atoms with van der Waals surface area (Å²) in [5, 5.41) is 52.5. The SMILES string of the molecule is CCN(CC)c1ccc2cc(/C=C(\C#N)C(=O)NCCOCc3cn(C[C@H]4O[C@H](OC)[C@H](O)[C@@H](O)[C@@H]4O)nn3)ccc2c1. The first-order valence-corrected chi connectivity index (χ1v) is 14.2. The monoisotopic (exact) mass is 594 g/mol. The highest BCUT2D eigenvalue weighted by Crippen LogP contribution is 2.25. The van der Waals surface area contributed by atoms with Crippen LogP contribution in [0.25, 0.3) is 16.8 Å². The van der Waals surface area contributed by atoms with Crippen molar-refractivity contribution in [1.82, 2.24) is 20.3 Å². The average molecular weight is 595 g/mol. The zero-order valence-electron chi connectivity index (χ0n) is 24.5. The molecule has 3 aromatic rings. The fourth-order valence-electron chi connectivity index (χ4n) is 4.89. The number of carbonyl (C=O) groups is 1. The third kappa shape index (κ3) is 7.94. The van der Waals surface area contributed by atoms with Gasteiger partial charge in [-0.25, -0.2) is 4.68 Å². The predicted molar refractivity (Wildman–Crippen MR) is 157 cm³/mol. The van der Waals surface area contributed by atoms with E-state index in [1.807, 2.05) is 30.3 Å². The van der Waals surface area contributed by atoms with E-state index >= 15 is 0 Å². The lowest BCUT2D eigenvalue weighted by atomic mass is 9.99. The molecule has 4 N–H and O–H groups in total. The van der Waals surface area contributed by atoms with Crippen molar-refractivity contribution >= 4 is 28.4 Å². The van der Waals surface area contributed by atoms with Crippen molar-refractivity contribution in [1.29, 1.82) is 5.26 Å². The van der Waals surface area contributed by atoms with Gasteiger partial charge in [-0.15, -0.1) is 5.10 Å². The number of amides is 1. The Morgan fingerprint density at radius 2 is 1.88 bits per heavy atom. The lowest BCUT2D eigenvalue weighted by Crippen LogP contribution is -2.58. The maximum absolute atomic E-state index is 12.6. The highest BCUT2D eigenvalue weighted by molar-refractivity contribution is 6.02. The number of aromatic nitrogens is 3. The maximum atomic E-state index is 12.6. The van der Waals surface area contributed by atoms with Gasteiger partial charge >= 0.3 is 0 Å². The van der Waals surface area contributed by atoms with E-state index in [4.69, 9.17) is 14.2 Å². The molecule has 2 heterocycles. The van der Waals surface area contributed by atoms with E-state index in [9.17, 15) is 25.4 Å². The fourth-order valence-corrected chi connectivity index (χ4v) is 4.89. The van der Waals surface area contributed by atoms with Crippen molar-refractivity contribution < 1.29 is 34.3 Å². The molecule has 4 rings (SSSR count). The quantitative estimate of drug-likeness (QED) is 0.126. The number of nitriles is 1. The minimum Gasteiger partial charge on any atom is -0.388 e. The Balaban J connectivity index is 1.24. The van der Waals surface area contributed by atoms with Gasteiger partial charge in [-0.2, -0.15) is 5.26 Å². The van der Waals surface area contributed by atoms with Gasteiger partial charge in [0.2, 0.25) is 0 Å². The van der Waals surface area contributed by atoms with Crippen molar-refractivity contribution in [3.63, 3.8) is 0 Å². The van der Waals surface area contributed by atoms with Crippen LogP contribution in [0.3, 0.4) is 0 Å². The molecule has 2 aromatic carbocycles. The number of anilines is 1. The molecular weight excluding hydrogens is 556 g/mol. The van der Waals surface area contributed by atoms with Crippen LogP contribution in [0.4, 0.5) is 5.69 Å². The van der Waals surface area contributed by atoms with Gasteiger partial charge in [-0.1, -0.05) is 23.4 Å². The van der Waals surface area contributed by atoms with Crippen molar-refractivity contribution in [2.24, 2.45) is 0 Å². The summed E-state index contributed by atoms with van der Waals surface area (Å²) in [4.78, 5) is 14.9. The van der Waals surface area contributed by atoms with Gasteiger partial charge in [-0.05, 0) is 54.5 Å². The standard InChI is InChI=1S/C30H38N6O7/c1-4-35(5-2)24-9-8-20-12-19(6-7-21(20)14-24)13-22(15-31)29(40)32-10-11-42-18-23-16-36(34-33-23)17-25-26(37)27(38)28(39)30(41-3)43-25/h6-9,12-14,16,25-28,30,37-39H,4-5,10-11,17-18H2,1-3H3,(H,32,40)/b22-13+/t25-,26-,27+,28-,30+/m1/s1. The van der Waals surface area contributed by atoms with Crippen molar-refractivity contribution in [2.75, 3.05) is 38.3 Å². The molecule has 0 saturated carbocycles. The van der Waals surface area contributed by atoms with Gasteiger partial charge in [0.15, 0.2) is 6.29 Å². The van der Waals surface area contributed by atoms with E-state index in [1.165, 1.54) is 11.8 Å². The van der Waals surface area contributed by atoms with Gasteiger partial charge in [0.25, 0.3) is 5.91 Å². The first-order valence-electron chi connectivity index (χ1n) is 14.2. The molecule has 230 valence electrons. The molecule has 0 unspecified atom stereocenters. The molecular formula is C30H38N6O7. The van der Waals surface area contributed by atoms with Crippen LogP contribution in [-0.4, -0.2) is 100 Å². The zero-order valence-corrected chi connectivity index (χ0v) is 24.5. The van der Waals surface area contributed by atoms with E-state index < -0.39 is 36.6 Å². The molecule has 0 radical (unpaired) electrons. The molecule has 0 spiro atoms. The summed E-state index contributed by atoms with van der Waals surface area (Å²) in [5.41, 5.74) is 2.39. The Hall–Kier alpha value is -3.90. The van der Waals surface area contributed by atoms with Gasteiger partial charge in [0.1, 0.15) is 41.8 Å². The van der Waals surface area contributed by atoms with Crippen LogP contribution >= 0.6 is 0 Å². The molecule has 43 heavy (non-hydrogen) atoms. The average Bonchev–Trinajstić information content (AvgIpc) is 3.47. The van der Waals surface area contributed by atoms with E-state index in [-0.39, 0.29) is 31.9 Å². The number of aliphatic hydroxyl groups is 3. The zero-order chi connectivity index (χ0) is 30.9. The first-order chi connectivity index (χ1) is 20.8. The molecule has 1 aromatic heterocycles. The summed E-state index contributed by atoms with van der Waals surface area (Å²) >= 11 is 0. The summed E-state index contributed by atoms with van der Waals surface area (Å²) in [5.74, 6) is -0.498. The van der Waals surface area contributed by atoms with E-state index in [1.54, 1.807) is 12.3 Å². The minimum absolute atomic E-state index is 0.0116. The summed E-state index contributed by atoms with van der Waals surface area (Å²) < 4.78 is 17.5. The Kier molecular flexibility index (Phi) is 11.2. The van der Waals surface area contributed by atoms with Crippen molar-refractivity contribution in [2.45, 2.75) is 57.7 Å². The van der Waals surface area contributed by atoms with E-state index in [0.29, 0.717) is 5.69 Å². The van der Waals surface area contributed by atoms with E-state index in [0.717, 1.165) is 35.1 Å². The van der Waals surface area contributed by atoms with Crippen LogP contribution in [0.1, 0.15) is 25.1 Å². The second kappa shape index (κ2) is 15.0. The highest BCUT2D eigenvalue weighted by atomic mass is 16.7. The number of fused-ring (bicyclic) bond motifs is 1. The third-order valence-electron chi connectivity index (χ3n) is 7.29. The van der Waals surface area contributed by atoms with Crippen LogP contribution in [0.5, 0.6) is 0 Å². The second-order valence-electron chi connectivity index (χ2n) is 10.1. The van der Waals surface area contributed by atoms with Gasteiger partial charge in [-0.3, -0.25) is 4.79 Å². The Morgan fingerprint density at radius 3 is 2.60 bits per heavy atom. The van der Waals surface area contributed by atoms with Crippen LogP contribution < -0.4 is 10.2 Å². The maximum Gasteiger partial charge on any atom is 0.262 e. The topological polar surface area (TPSA) is 175 Å². The number of nitrogens with zero attached hydrogens (tertiary/aromatic N) is 5. The summed E-state index contributed by atoms with van der Waals surface area (Å²) in [6.07, 6.45) is -2.95. The number of rotatable bonds is 13. The lowest BCUT2D eigenvalue weighted by molar-refractivity contribution is -0.292. The molecule has 1 amide bonds. The fraction of sp³-hybridized carbons (Fsp3) is 0.467. The van der Waals surface area contributed by atoms with Crippen molar-refractivity contribution in [3.05, 3.63) is 59.4 Å². The second-order valence-corrected chi connectivity index (χ2v) is 10.1. The molecule has 1 saturated heterocycles. The number of methoxy groups -OCH3 is 1. The largest absolute Gasteiger partial charge is 0.388 e. The number of nitrogens with one attached hydrogen (secondary N) is 1. The third-order valence-corrected chi connectivity index (χ3v) is 7.29. The number of benzene rings is 2. The minimum atomic E-state index is -1.43. The Morgan fingerprint density at radius 1 is 1.14 bits per heavy atom. The molecule has 5 atom stereocenters. The Labute approximate surface area is 249 Å². The predicted octanol–water partition coefficient (Wildman–Crippen LogP) is 0.971. The number of hydrogen-bond acceptors (Lipinski definition) is 11. The van der Waals surface area contributed by atoms with Gasteiger partial charge in [0.05, 0.1) is 26.0 Å². The Bertz CT molecular complexity index is 1450. The highest BCUT2D eigenvalue weighted by Gasteiger charge is 2.44. The number of ether oxygens (including phenoxy) is 3. The normalized spacial score (nSPS) is 22.3. The summed E-state index contributed by atoms with van der Waals surface area (Å²) in [7, 11) is 1.33. The van der Waals surface area contributed by atoms with Crippen LogP contribution in [0.2, 0.25) is 0 Å². The van der Waals surface area contributed by atoms with Crippen molar-refractivity contribution in [3.8, 4) is 6.07 Å². The van der Waals surface area contributed by atoms with Gasteiger partial charge in [0, 0.05) is 32.4 Å². The van der Waals surface area contributed by atoms with Gasteiger partial charge < -0.3 is 39.7 Å². The summed E-state index contributed by atoms with van der Waals surface area (Å²) in [6.45, 7) is 6.62. The van der Waals surface area contributed by atoms with Crippen LogP contribution in [0, 0.1) is 11.3 Å². The number of hydrogen-bond donors (Lipinski definition) is 4. The number of carbonyl (C=O) groups excluding carboxylic acids is 1. The molecule has 0 bridgehead atoms. The molecule has 0 aliphatic carbocycles.